The van der Waals surface area contributed by atoms with Crippen LogP contribution in [-0.2, 0) is 0 Å². The first-order valence-corrected chi connectivity index (χ1v) is 9.96. The topological polar surface area (TPSA) is 112 Å². The Labute approximate surface area is 187 Å². The monoisotopic (exact) mass is 451 g/mol. The molecule has 1 N–H and O–H groups in total. The molecular formula is C22H18ClN5O4. The lowest BCUT2D eigenvalue weighted by atomic mass is 10.2. The maximum absolute atomic E-state index is 12.9. The van der Waals surface area contributed by atoms with Gasteiger partial charge >= 0.3 is 0 Å². The summed E-state index contributed by atoms with van der Waals surface area (Å²) in [4.78, 5) is 28.2. The number of hydrogen-bond acceptors (Lipinski definition) is 6. The minimum absolute atomic E-state index is 0.195. The lowest BCUT2D eigenvalue weighted by Gasteiger charge is -2.10. The number of benzene rings is 2. The Bertz CT molecular complexity index is 1380. The van der Waals surface area contributed by atoms with E-state index in [4.69, 9.17) is 16.3 Å². The fourth-order valence-electron chi connectivity index (χ4n) is 3.27. The van der Waals surface area contributed by atoms with Crippen molar-refractivity contribution in [1.29, 1.82) is 0 Å². The lowest BCUT2D eigenvalue weighted by molar-refractivity contribution is -0.384. The molecule has 4 rings (SSSR count). The van der Waals surface area contributed by atoms with Gasteiger partial charge in [-0.1, -0.05) is 11.6 Å². The Kier molecular flexibility index (Phi) is 5.50. The predicted octanol–water partition coefficient (Wildman–Crippen LogP) is 5.26. The highest BCUT2D eigenvalue weighted by molar-refractivity contribution is 6.31. The molecule has 1 amide bonds. The van der Waals surface area contributed by atoms with Crippen molar-refractivity contribution < 1.29 is 14.5 Å². The number of nitro groups is 1. The summed E-state index contributed by atoms with van der Waals surface area (Å²) in [6.07, 6.45) is 1.41. The summed E-state index contributed by atoms with van der Waals surface area (Å²) in [5, 5.41) is 18.9. The van der Waals surface area contributed by atoms with E-state index in [1.165, 1.54) is 24.4 Å². The molecule has 0 bridgehead atoms. The molecule has 0 fully saturated rings. The van der Waals surface area contributed by atoms with E-state index in [1.807, 2.05) is 26.8 Å². The van der Waals surface area contributed by atoms with Crippen molar-refractivity contribution in [3.8, 4) is 11.5 Å². The number of rotatable bonds is 5. The van der Waals surface area contributed by atoms with Gasteiger partial charge in [0.05, 0.1) is 22.9 Å². The van der Waals surface area contributed by atoms with Crippen LogP contribution in [0.2, 0.25) is 5.02 Å². The summed E-state index contributed by atoms with van der Waals surface area (Å²) >= 11 is 6.04. The first-order valence-electron chi connectivity index (χ1n) is 9.58. The van der Waals surface area contributed by atoms with E-state index in [2.05, 4.69) is 15.4 Å². The molecule has 4 aromatic rings. The Morgan fingerprint density at radius 1 is 1.12 bits per heavy atom. The Morgan fingerprint density at radius 3 is 2.62 bits per heavy atom. The van der Waals surface area contributed by atoms with E-state index in [9.17, 15) is 14.9 Å². The van der Waals surface area contributed by atoms with Gasteiger partial charge in [0.1, 0.15) is 17.1 Å². The fourth-order valence-corrected chi connectivity index (χ4v) is 3.38. The second kappa shape index (κ2) is 8.27. The largest absolute Gasteiger partial charge is 0.457 e. The maximum atomic E-state index is 12.9. The van der Waals surface area contributed by atoms with Gasteiger partial charge in [0.15, 0.2) is 5.65 Å². The molecule has 0 aliphatic carbocycles. The van der Waals surface area contributed by atoms with Crippen molar-refractivity contribution >= 4 is 34.5 Å². The number of fused-ring (bicyclic) bond motifs is 1. The normalized spacial score (nSPS) is 10.9. The number of anilines is 1. The van der Waals surface area contributed by atoms with Gasteiger partial charge in [-0.25, -0.2) is 9.50 Å². The van der Waals surface area contributed by atoms with Crippen molar-refractivity contribution in [2.75, 3.05) is 5.32 Å². The molecule has 0 unspecified atom stereocenters. The van der Waals surface area contributed by atoms with Gasteiger partial charge in [0, 0.05) is 28.5 Å². The predicted molar refractivity (Wildman–Crippen MR) is 120 cm³/mol. The third kappa shape index (κ3) is 4.23. The number of hydrogen-bond donors (Lipinski definition) is 1. The average molecular weight is 452 g/mol. The van der Waals surface area contributed by atoms with E-state index in [0.717, 1.165) is 17.0 Å². The molecule has 0 spiro atoms. The van der Waals surface area contributed by atoms with E-state index < -0.39 is 10.8 Å². The number of aromatic nitrogens is 3. The van der Waals surface area contributed by atoms with Crippen molar-refractivity contribution in [2.45, 2.75) is 20.8 Å². The summed E-state index contributed by atoms with van der Waals surface area (Å²) in [7, 11) is 0. The van der Waals surface area contributed by atoms with Crippen molar-refractivity contribution in [3.05, 3.63) is 86.3 Å². The number of carbonyl (C=O) groups is 1. The molecule has 9 nitrogen and oxygen atoms in total. The minimum atomic E-state index is -0.556. The molecule has 2 heterocycles. The number of carbonyl (C=O) groups excluding carboxylic acids is 1. The summed E-state index contributed by atoms with van der Waals surface area (Å²) in [6, 6.07) is 10.9. The zero-order valence-electron chi connectivity index (χ0n) is 17.4. The first kappa shape index (κ1) is 21.3. The number of nitro benzene ring substituents is 1. The number of halogens is 1. The van der Waals surface area contributed by atoms with Crippen molar-refractivity contribution in [2.24, 2.45) is 0 Å². The van der Waals surface area contributed by atoms with E-state index in [0.29, 0.717) is 16.4 Å². The Morgan fingerprint density at radius 2 is 1.91 bits per heavy atom. The molecule has 0 atom stereocenters. The molecule has 0 aliphatic heterocycles. The highest BCUT2D eigenvalue weighted by Crippen LogP contribution is 2.31. The molecule has 2 aromatic carbocycles. The summed E-state index contributed by atoms with van der Waals surface area (Å²) in [5.74, 6) is 0.162. The van der Waals surface area contributed by atoms with Gasteiger partial charge in [-0.3, -0.25) is 14.9 Å². The Hall–Kier alpha value is -3.98. The highest BCUT2D eigenvalue weighted by atomic mass is 35.5. The maximum Gasteiger partial charge on any atom is 0.275 e. The third-order valence-corrected chi connectivity index (χ3v) is 5.17. The smallest absolute Gasteiger partial charge is 0.275 e. The standard InChI is InChI=1S/C22H18ClN5O4/c1-12-6-17(4-5-20(12)23)32-18-9-15(8-16(10-18)28(30)31)26-22(29)19-11-24-27-14(3)7-13(2)25-21(19)27/h4-11H,1-3H3,(H,26,29). The zero-order chi connectivity index (χ0) is 23.0. The van der Waals surface area contributed by atoms with Crippen LogP contribution in [0.25, 0.3) is 5.65 Å². The van der Waals surface area contributed by atoms with Gasteiger partial charge in [0.25, 0.3) is 11.6 Å². The first-order chi connectivity index (χ1) is 15.2. The van der Waals surface area contributed by atoms with Gasteiger partial charge < -0.3 is 10.1 Å². The van der Waals surface area contributed by atoms with Gasteiger partial charge in [-0.15, -0.1) is 0 Å². The molecule has 0 aliphatic rings. The number of non-ortho nitro benzene ring substituents is 1. The molecule has 0 saturated carbocycles. The summed E-state index contributed by atoms with van der Waals surface area (Å²) < 4.78 is 7.34. The average Bonchev–Trinajstić information content (AvgIpc) is 3.15. The molecule has 32 heavy (non-hydrogen) atoms. The second-order valence-electron chi connectivity index (χ2n) is 7.27. The van der Waals surface area contributed by atoms with Gasteiger partial charge in [-0.05, 0) is 50.6 Å². The second-order valence-corrected chi connectivity index (χ2v) is 7.68. The van der Waals surface area contributed by atoms with E-state index in [-0.39, 0.29) is 22.7 Å². The highest BCUT2D eigenvalue weighted by Gasteiger charge is 2.18. The molecule has 162 valence electrons. The summed E-state index contributed by atoms with van der Waals surface area (Å²) in [5.41, 5.74) is 3.00. The van der Waals surface area contributed by atoms with Gasteiger partial charge in [-0.2, -0.15) is 5.10 Å². The van der Waals surface area contributed by atoms with E-state index in [1.54, 1.807) is 22.7 Å². The molecule has 2 aromatic heterocycles. The fraction of sp³-hybridized carbons (Fsp3) is 0.136. The van der Waals surface area contributed by atoms with Gasteiger partial charge in [0.2, 0.25) is 0 Å². The molecular weight excluding hydrogens is 434 g/mol. The third-order valence-electron chi connectivity index (χ3n) is 4.75. The number of nitrogens with zero attached hydrogens (tertiary/aromatic N) is 4. The van der Waals surface area contributed by atoms with Crippen LogP contribution < -0.4 is 10.1 Å². The number of nitrogens with one attached hydrogen (secondary N) is 1. The SMILES string of the molecule is Cc1cc(C)n2ncc(C(=O)Nc3cc(Oc4ccc(Cl)c(C)c4)cc([N+](=O)[O-])c3)c2n1. The van der Waals surface area contributed by atoms with E-state index >= 15 is 0 Å². The molecule has 10 heteroatoms. The van der Waals surface area contributed by atoms with Crippen LogP contribution in [0.4, 0.5) is 11.4 Å². The van der Waals surface area contributed by atoms with Crippen molar-refractivity contribution in [3.63, 3.8) is 0 Å². The number of aryl methyl sites for hydroxylation is 3. The molecule has 0 saturated heterocycles. The minimum Gasteiger partial charge on any atom is -0.457 e. The number of ether oxygens (including phenoxy) is 1. The summed E-state index contributed by atoms with van der Waals surface area (Å²) in [6.45, 7) is 5.51. The van der Waals surface area contributed by atoms with Crippen LogP contribution >= 0.6 is 11.6 Å². The van der Waals surface area contributed by atoms with Crippen LogP contribution in [0.3, 0.4) is 0 Å². The number of amides is 1. The van der Waals surface area contributed by atoms with Crippen LogP contribution in [0.5, 0.6) is 11.5 Å². The van der Waals surface area contributed by atoms with Crippen LogP contribution in [0, 0.1) is 30.9 Å². The van der Waals surface area contributed by atoms with Crippen molar-refractivity contribution in [1.82, 2.24) is 14.6 Å². The zero-order valence-corrected chi connectivity index (χ0v) is 18.2. The van der Waals surface area contributed by atoms with Crippen LogP contribution in [-0.4, -0.2) is 25.4 Å². The van der Waals surface area contributed by atoms with Crippen LogP contribution in [0.15, 0.2) is 48.7 Å². The van der Waals surface area contributed by atoms with Crippen LogP contribution in [0.1, 0.15) is 27.3 Å². The Balaban J connectivity index is 1.66. The quantitative estimate of drug-likeness (QED) is 0.327. The molecule has 0 radical (unpaired) electrons. The lowest BCUT2D eigenvalue weighted by Crippen LogP contribution is -2.12.